The smallest absolute Gasteiger partial charge is 0.258 e. The lowest BCUT2D eigenvalue weighted by Gasteiger charge is -2.35. The number of piperidine rings is 1. The van der Waals surface area contributed by atoms with E-state index in [0.717, 1.165) is 51.1 Å². The van der Waals surface area contributed by atoms with Gasteiger partial charge in [-0.05, 0) is 88.5 Å². The minimum atomic E-state index is -0.327. The lowest BCUT2D eigenvalue weighted by molar-refractivity contribution is -0.134. The number of methoxy groups -OCH3 is 1. The zero-order valence-electron chi connectivity index (χ0n) is 20.2. The Morgan fingerprint density at radius 3 is 2.42 bits per heavy atom. The lowest BCUT2D eigenvalue weighted by atomic mass is 9.84. The molecule has 1 aromatic rings. The van der Waals surface area contributed by atoms with Crippen LogP contribution < -0.4 is 4.74 Å². The first kappa shape index (κ1) is 22.7. The summed E-state index contributed by atoms with van der Waals surface area (Å²) in [7, 11) is 3.81. The van der Waals surface area contributed by atoms with Gasteiger partial charge in [0.2, 0.25) is 5.91 Å². The van der Waals surface area contributed by atoms with Crippen LogP contribution in [0.3, 0.4) is 0 Å². The molecule has 0 spiro atoms. The fraction of sp³-hybridized carbons (Fsp3) is 0.704. The molecule has 5 rings (SSSR count). The first-order valence-electron chi connectivity index (χ1n) is 13.0. The molecule has 0 bridgehead atoms. The van der Waals surface area contributed by atoms with E-state index in [1.54, 1.807) is 7.11 Å². The molecule has 33 heavy (non-hydrogen) atoms. The van der Waals surface area contributed by atoms with E-state index < -0.39 is 0 Å². The summed E-state index contributed by atoms with van der Waals surface area (Å²) in [5.41, 5.74) is 0.578. The highest BCUT2D eigenvalue weighted by atomic mass is 16.5. The second-order valence-corrected chi connectivity index (χ2v) is 10.7. The van der Waals surface area contributed by atoms with Gasteiger partial charge in [-0.3, -0.25) is 9.59 Å². The molecule has 1 unspecified atom stereocenters. The fourth-order valence-electron chi connectivity index (χ4n) is 7.02. The topological polar surface area (TPSA) is 53.1 Å². The number of hydrogen-bond acceptors (Lipinski definition) is 4. The van der Waals surface area contributed by atoms with Crippen LogP contribution in [0.5, 0.6) is 5.75 Å². The van der Waals surface area contributed by atoms with Crippen LogP contribution in [0, 0.1) is 17.8 Å². The van der Waals surface area contributed by atoms with Gasteiger partial charge in [0.05, 0.1) is 12.7 Å². The van der Waals surface area contributed by atoms with Gasteiger partial charge in [-0.25, -0.2) is 0 Å². The van der Waals surface area contributed by atoms with Gasteiger partial charge in [0.25, 0.3) is 5.91 Å². The highest BCUT2D eigenvalue weighted by Crippen LogP contribution is 2.42. The van der Waals surface area contributed by atoms with Gasteiger partial charge in [0, 0.05) is 19.1 Å². The van der Waals surface area contributed by atoms with E-state index in [-0.39, 0.29) is 23.9 Å². The van der Waals surface area contributed by atoms with Crippen LogP contribution in [0.2, 0.25) is 0 Å². The number of para-hydroxylation sites is 1. The monoisotopic (exact) mass is 453 g/mol. The maximum absolute atomic E-state index is 13.9. The summed E-state index contributed by atoms with van der Waals surface area (Å²) < 4.78 is 5.50. The molecule has 4 fully saturated rings. The first-order valence-corrected chi connectivity index (χ1v) is 13.0. The standard InChI is InChI=1S/C27H39N3O3/c1-28-14-11-19(12-15-28)21-13-16-29(18-21)27(32)24-17-20-7-3-5-9-23(20)30(24)26(31)22-8-4-6-10-25(22)33-2/h4,6,8,10,19-21,23-24H,3,5,7,9,11-18H2,1-2H3/t20-,21?,23-,24-/m0/s1. The predicted molar refractivity (Wildman–Crippen MR) is 128 cm³/mol. The molecule has 0 aromatic heterocycles. The Bertz CT molecular complexity index is 866. The van der Waals surface area contributed by atoms with Crippen LogP contribution in [0.1, 0.15) is 61.7 Å². The molecule has 180 valence electrons. The summed E-state index contributed by atoms with van der Waals surface area (Å²) in [4.78, 5) is 34.2. The third-order valence-corrected chi connectivity index (χ3v) is 8.91. The van der Waals surface area contributed by atoms with E-state index in [0.29, 0.717) is 23.1 Å². The predicted octanol–water partition coefficient (Wildman–Crippen LogP) is 3.66. The number of rotatable bonds is 4. The number of fused-ring (bicyclic) bond motifs is 1. The van der Waals surface area contributed by atoms with Crippen LogP contribution >= 0.6 is 0 Å². The minimum Gasteiger partial charge on any atom is -0.496 e. The Kier molecular flexibility index (Phi) is 6.64. The Morgan fingerprint density at radius 1 is 0.909 bits per heavy atom. The summed E-state index contributed by atoms with van der Waals surface area (Å²) in [6, 6.07) is 7.30. The molecular weight excluding hydrogens is 414 g/mol. The van der Waals surface area contributed by atoms with Crippen molar-refractivity contribution in [2.24, 2.45) is 17.8 Å². The Labute approximate surface area is 198 Å². The number of amides is 2. The molecule has 4 atom stereocenters. The molecule has 6 heteroatoms. The second-order valence-electron chi connectivity index (χ2n) is 10.7. The van der Waals surface area contributed by atoms with Crippen LogP contribution in [-0.4, -0.2) is 78.9 Å². The average molecular weight is 454 g/mol. The summed E-state index contributed by atoms with van der Waals surface area (Å²) >= 11 is 0. The van der Waals surface area contributed by atoms with Gasteiger partial charge < -0.3 is 19.4 Å². The van der Waals surface area contributed by atoms with Crippen molar-refractivity contribution in [3.63, 3.8) is 0 Å². The molecule has 1 aliphatic carbocycles. The SMILES string of the molecule is COc1ccccc1C(=O)N1[C@H](C(=O)N2CCC(C3CCN(C)CC3)C2)C[C@@H]2CCCC[C@@H]21. The van der Waals surface area contributed by atoms with E-state index in [9.17, 15) is 9.59 Å². The molecule has 1 aromatic carbocycles. The van der Waals surface area contributed by atoms with Crippen molar-refractivity contribution in [2.75, 3.05) is 40.3 Å². The number of carbonyl (C=O) groups excluding carboxylic acids is 2. The molecular formula is C27H39N3O3. The molecule has 2 amide bonds. The molecule has 0 N–H and O–H groups in total. The normalized spacial score (nSPS) is 31.0. The zero-order valence-corrected chi connectivity index (χ0v) is 20.2. The van der Waals surface area contributed by atoms with Gasteiger partial charge in [-0.15, -0.1) is 0 Å². The molecule has 1 saturated carbocycles. The summed E-state index contributed by atoms with van der Waals surface area (Å²) in [6.07, 6.45) is 8.90. The zero-order chi connectivity index (χ0) is 22.9. The van der Waals surface area contributed by atoms with Crippen molar-refractivity contribution in [3.8, 4) is 5.75 Å². The van der Waals surface area contributed by atoms with Crippen LogP contribution in [-0.2, 0) is 4.79 Å². The average Bonchev–Trinajstić information content (AvgIpc) is 3.49. The van der Waals surface area contributed by atoms with Gasteiger partial charge in [-0.2, -0.15) is 0 Å². The Morgan fingerprint density at radius 2 is 1.64 bits per heavy atom. The summed E-state index contributed by atoms with van der Waals surface area (Å²) in [5.74, 6) is 2.53. The van der Waals surface area contributed by atoms with Gasteiger partial charge in [0.1, 0.15) is 11.8 Å². The quantitative estimate of drug-likeness (QED) is 0.698. The van der Waals surface area contributed by atoms with E-state index in [4.69, 9.17) is 4.74 Å². The molecule has 0 radical (unpaired) electrons. The molecule has 6 nitrogen and oxygen atoms in total. The van der Waals surface area contributed by atoms with Crippen molar-refractivity contribution in [3.05, 3.63) is 29.8 Å². The fourth-order valence-corrected chi connectivity index (χ4v) is 7.02. The maximum atomic E-state index is 13.9. The van der Waals surface area contributed by atoms with Crippen LogP contribution in [0.25, 0.3) is 0 Å². The third-order valence-electron chi connectivity index (χ3n) is 8.91. The van der Waals surface area contributed by atoms with Gasteiger partial charge in [0.15, 0.2) is 0 Å². The first-order chi connectivity index (χ1) is 16.1. The maximum Gasteiger partial charge on any atom is 0.258 e. The summed E-state index contributed by atoms with van der Waals surface area (Å²) in [5, 5.41) is 0. The number of carbonyl (C=O) groups is 2. The molecule has 3 saturated heterocycles. The Hall–Kier alpha value is -2.08. The van der Waals surface area contributed by atoms with E-state index >= 15 is 0 Å². The second kappa shape index (κ2) is 9.65. The highest BCUT2D eigenvalue weighted by molar-refractivity contribution is 6.00. The van der Waals surface area contributed by atoms with E-state index in [1.807, 2.05) is 29.2 Å². The Balaban J connectivity index is 1.34. The largest absolute Gasteiger partial charge is 0.496 e. The van der Waals surface area contributed by atoms with E-state index in [1.165, 1.54) is 32.4 Å². The van der Waals surface area contributed by atoms with Crippen molar-refractivity contribution in [2.45, 2.75) is 63.5 Å². The number of nitrogens with zero attached hydrogens (tertiary/aromatic N) is 3. The number of hydrogen-bond donors (Lipinski definition) is 0. The van der Waals surface area contributed by atoms with Crippen molar-refractivity contribution in [1.82, 2.24) is 14.7 Å². The number of ether oxygens (including phenoxy) is 1. The van der Waals surface area contributed by atoms with Gasteiger partial charge in [-0.1, -0.05) is 25.0 Å². The van der Waals surface area contributed by atoms with Crippen LogP contribution in [0.4, 0.5) is 0 Å². The lowest BCUT2D eigenvalue weighted by Crippen LogP contribution is -2.50. The third kappa shape index (κ3) is 4.39. The van der Waals surface area contributed by atoms with E-state index in [2.05, 4.69) is 16.8 Å². The van der Waals surface area contributed by atoms with Gasteiger partial charge >= 0.3 is 0 Å². The summed E-state index contributed by atoms with van der Waals surface area (Å²) in [6.45, 7) is 4.05. The molecule has 4 aliphatic rings. The number of likely N-dealkylation sites (tertiary alicyclic amines) is 3. The van der Waals surface area contributed by atoms with Crippen LogP contribution in [0.15, 0.2) is 24.3 Å². The highest BCUT2D eigenvalue weighted by Gasteiger charge is 2.49. The minimum absolute atomic E-state index is 0.0359. The molecule has 3 heterocycles. The van der Waals surface area contributed by atoms with Crippen molar-refractivity contribution in [1.29, 1.82) is 0 Å². The molecule has 3 aliphatic heterocycles. The van der Waals surface area contributed by atoms with Crippen molar-refractivity contribution >= 4 is 11.8 Å². The number of benzene rings is 1. The van der Waals surface area contributed by atoms with Crippen molar-refractivity contribution < 1.29 is 14.3 Å².